The van der Waals surface area contributed by atoms with Gasteiger partial charge in [0.25, 0.3) is 0 Å². The fourth-order valence-electron chi connectivity index (χ4n) is 3.62. The Kier molecular flexibility index (Phi) is 14.1. The molecule has 0 radical (unpaired) electrons. The van der Waals surface area contributed by atoms with Crippen LogP contribution in [-0.4, -0.2) is 51.6 Å². The Morgan fingerprint density at radius 3 is 1.12 bits per heavy atom. The third-order valence-corrected chi connectivity index (χ3v) is 6.35. The van der Waals surface area contributed by atoms with Gasteiger partial charge in [-0.25, -0.2) is 9.59 Å². The molecule has 0 unspecified atom stereocenters. The van der Waals surface area contributed by atoms with E-state index in [2.05, 4.69) is 13.2 Å². The van der Waals surface area contributed by atoms with Crippen LogP contribution in [0.2, 0.25) is 0 Å². The number of esters is 2. The summed E-state index contributed by atoms with van der Waals surface area (Å²) in [5.41, 5.74) is 0.420. The smallest absolute Gasteiger partial charge is 0.338 e. The van der Waals surface area contributed by atoms with Crippen LogP contribution in [0.5, 0.6) is 46.0 Å². The molecule has 2 rings (SSSR count). The predicted molar refractivity (Wildman–Crippen MR) is 165 cm³/mol. The van der Waals surface area contributed by atoms with Gasteiger partial charge in [0, 0.05) is 23.3 Å². The Bertz CT molecular complexity index is 1220. The summed E-state index contributed by atoms with van der Waals surface area (Å²) in [6, 6.07) is 3.41. The van der Waals surface area contributed by atoms with Gasteiger partial charge in [-0.2, -0.15) is 0 Å². The van der Waals surface area contributed by atoms with Crippen LogP contribution >= 0.6 is 11.8 Å². The Morgan fingerprint density at radius 2 is 0.837 bits per heavy atom. The average Bonchev–Trinajstić information content (AvgIpc) is 2.96. The first-order chi connectivity index (χ1) is 20.6. The third-order valence-electron chi connectivity index (χ3n) is 5.31. The lowest BCUT2D eigenvalue weighted by atomic mass is 10.2. The largest absolute Gasteiger partial charge is 0.490 e. The Hall–Kier alpha value is -3.99. The highest BCUT2D eigenvalue weighted by atomic mass is 32.2. The van der Waals surface area contributed by atoms with Crippen molar-refractivity contribution in [2.75, 3.05) is 39.6 Å². The summed E-state index contributed by atoms with van der Waals surface area (Å²) >= 11 is 1.26. The standard InChI is InChI=1S/C32H42O10S/c1-11-35-21-17-23(27(37-13-3)29(39-15-5)25(21)41-31(33)19(7)8)43-24-18-22(36-12-2)26(42-32(34)20(9)10)30(40-16-6)28(24)38-14-4/h17-18H,7,9,11-16H2,1-6,8,10H3. The SMILES string of the molecule is C=C(C)C(=O)Oc1c(OCC)cc(Sc2cc(OCC)c(OC(=O)C(=C)C)c(OCC)c2OCC)c(OCC)c1OCC. The van der Waals surface area contributed by atoms with E-state index in [1.54, 1.807) is 39.8 Å². The molecule has 0 aliphatic heterocycles. The van der Waals surface area contributed by atoms with Crippen molar-refractivity contribution in [1.29, 1.82) is 0 Å². The molecule has 0 aliphatic rings. The van der Waals surface area contributed by atoms with Crippen molar-refractivity contribution in [1.82, 2.24) is 0 Å². The number of rotatable bonds is 18. The average molecular weight is 619 g/mol. The molecule has 0 fully saturated rings. The van der Waals surface area contributed by atoms with Crippen LogP contribution in [0, 0.1) is 0 Å². The molecule has 0 aromatic heterocycles. The molecule has 2 aromatic carbocycles. The van der Waals surface area contributed by atoms with Crippen LogP contribution in [0.15, 0.2) is 46.2 Å². The first-order valence-electron chi connectivity index (χ1n) is 14.2. The maximum atomic E-state index is 12.6. The zero-order valence-corrected chi connectivity index (χ0v) is 27.1. The Morgan fingerprint density at radius 1 is 0.535 bits per heavy atom. The van der Waals surface area contributed by atoms with Crippen LogP contribution in [0.4, 0.5) is 0 Å². The molecule has 0 saturated heterocycles. The molecule has 0 heterocycles. The second-order valence-electron chi connectivity index (χ2n) is 8.76. The molecule has 0 aliphatic carbocycles. The fourth-order valence-corrected chi connectivity index (χ4v) is 4.67. The van der Waals surface area contributed by atoms with E-state index in [4.69, 9.17) is 37.9 Å². The van der Waals surface area contributed by atoms with E-state index in [9.17, 15) is 9.59 Å². The number of benzene rings is 2. The van der Waals surface area contributed by atoms with E-state index < -0.39 is 11.9 Å². The van der Waals surface area contributed by atoms with Crippen LogP contribution < -0.4 is 37.9 Å². The summed E-state index contributed by atoms with van der Waals surface area (Å²) in [5, 5.41) is 0. The highest BCUT2D eigenvalue weighted by molar-refractivity contribution is 7.99. The van der Waals surface area contributed by atoms with E-state index in [1.807, 2.05) is 27.7 Å². The summed E-state index contributed by atoms with van der Waals surface area (Å²) in [7, 11) is 0. The van der Waals surface area contributed by atoms with E-state index in [0.717, 1.165) is 0 Å². The summed E-state index contributed by atoms with van der Waals surface area (Å²) in [6.45, 7) is 23.0. The Balaban J connectivity index is 2.93. The van der Waals surface area contributed by atoms with Crippen molar-refractivity contribution in [2.24, 2.45) is 0 Å². The van der Waals surface area contributed by atoms with E-state index >= 15 is 0 Å². The van der Waals surface area contributed by atoms with Crippen LogP contribution in [0.25, 0.3) is 0 Å². The van der Waals surface area contributed by atoms with Gasteiger partial charge in [-0.15, -0.1) is 0 Å². The maximum absolute atomic E-state index is 12.6. The molecule has 0 saturated carbocycles. The topological polar surface area (TPSA) is 108 Å². The van der Waals surface area contributed by atoms with Gasteiger partial charge in [0.1, 0.15) is 0 Å². The Labute approximate surface area is 258 Å². The summed E-state index contributed by atoms with van der Waals surface area (Å²) in [4.78, 5) is 26.3. The highest BCUT2D eigenvalue weighted by Gasteiger charge is 2.30. The van der Waals surface area contributed by atoms with Gasteiger partial charge in [-0.3, -0.25) is 0 Å². The molecule has 43 heavy (non-hydrogen) atoms. The van der Waals surface area contributed by atoms with Crippen LogP contribution in [0.3, 0.4) is 0 Å². The minimum Gasteiger partial charge on any atom is -0.490 e. The number of hydrogen-bond acceptors (Lipinski definition) is 11. The van der Waals surface area contributed by atoms with Crippen molar-refractivity contribution >= 4 is 23.7 Å². The third kappa shape index (κ3) is 9.00. The van der Waals surface area contributed by atoms with Crippen molar-refractivity contribution in [3.05, 3.63) is 36.4 Å². The molecule has 0 bridgehead atoms. The van der Waals surface area contributed by atoms with E-state index in [-0.39, 0.29) is 85.3 Å². The zero-order valence-electron chi connectivity index (χ0n) is 26.3. The van der Waals surface area contributed by atoms with Gasteiger partial charge in [-0.05, 0) is 55.4 Å². The lowest BCUT2D eigenvalue weighted by molar-refractivity contribution is -0.131. The van der Waals surface area contributed by atoms with Crippen molar-refractivity contribution in [2.45, 2.75) is 65.2 Å². The molecule has 0 N–H and O–H groups in total. The van der Waals surface area contributed by atoms with Gasteiger partial charge >= 0.3 is 11.9 Å². The number of ether oxygens (including phenoxy) is 8. The molecule has 236 valence electrons. The molecule has 10 nitrogen and oxygen atoms in total. The fraction of sp³-hybridized carbons (Fsp3) is 0.438. The van der Waals surface area contributed by atoms with Gasteiger partial charge in [0.05, 0.1) is 49.4 Å². The van der Waals surface area contributed by atoms with Crippen molar-refractivity contribution in [3.8, 4) is 46.0 Å². The normalized spacial score (nSPS) is 10.4. The monoisotopic (exact) mass is 618 g/mol. The second kappa shape index (κ2) is 17.2. The zero-order chi connectivity index (χ0) is 32.1. The van der Waals surface area contributed by atoms with Crippen molar-refractivity contribution < 1.29 is 47.5 Å². The summed E-state index contributed by atoms with van der Waals surface area (Å²) < 4.78 is 47.3. The molecule has 0 amide bonds. The molecular weight excluding hydrogens is 576 g/mol. The minimum absolute atomic E-state index is 0.0848. The van der Waals surface area contributed by atoms with Gasteiger partial charge in [0.2, 0.25) is 23.0 Å². The first kappa shape index (κ1) is 35.2. The van der Waals surface area contributed by atoms with E-state index in [0.29, 0.717) is 21.3 Å². The molecule has 0 atom stereocenters. The van der Waals surface area contributed by atoms with E-state index in [1.165, 1.54) is 11.8 Å². The van der Waals surface area contributed by atoms with Gasteiger partial charge < -0.3 is 37.9 Å². The van der Waals surface area contributed by atoms with Crippen LogP contribution in [-0.2, 0) is 9.59 Å². The molecule has 0 spiro atoms. The predicted octanol–water partition coefficient (Wildman–Crippen LogP) is 7.19. The van der Waals surface area contributed by atoms with Crippen molar-refractivity contribution in [3.63, 3.8) is 0 Å². The minimum atomic E-state index is -0.633. The highest BCUT2D eigenvalue weighted by Crippen LogP contribution is 2.56. The number of carbonyl (C=O) groups excluding carboxylic acids is 2. The maximum Gasteiger partial charge on any atom is 0.338 e. The quantitative estimate of drug-likeness (QED) is 0.0962. The van der Waals surface area contributed by atoms with Gasteiger partial charge in [-0.1, -0.05) is 24.9 Å². The van der Waals surface area contributed by atoms with Crippen LogP contribution in [0.1, 0.15) is 55.4 Å². The summed E-state index contributed by atoms with van der Waals surface area (Å²) in [6.07, 6.45) is 0. The summed E-state index contributed by atoms with van der Waals surface area (Å²) in [5.74, 6) is 0.509. The molecular formula is C32H42O10S. The first-order valence-corrected chi connectivity index (χ1v) is 15.0. The number of carbonyl (C=O) groups is 2. The lowest BCUT2D eigenvalue weighted by Crippen LogP contribution is -2.13. The molecule has 2 aromatic rings. The molecule has 11 heteroatoms. The number of hydrogen-bond donors (Lipinski definition) is 0. The lowest BCUT2D eigenvalue weighted by Gasteiger charge is -2.23. The second-order valence-corrected chi connectivity index (χ2v) is 9.84. The van der Waals surface area contributed by atoms with Gasteiger partial charge in [0.15, 0.2) is 23.0 Å².